The van der Waals surface area contributed by atoms with E-state index in [4.69, 9.17) is 0 Å². The summed E-state index contributed by atoms with van der Waals surface area (Å²) in [7, 11) is 0. The SMILES string of the molecule is C[C@]12C[C@@H](O)[C@H]3[C@@H](CCC4CC(=O)CC[C@@]43C)[C@@H]1CC[C@@H]2O. The molecule has 4 saturated carbocycles. The number of carbonyl (C=O) groups is 1. The first kappa shape index (κ1) is 15.1. The van der Waals surface area contributed by atoms with Crippen LogP contribution in [0.2, 0.25) is 0 Å². The molecule has 124 valence electrons. The van der Waals surface area contributed by atoms with Crippen molar-refractivity contribution < 1.29 is 15.0 Å². The summed E-state index contributed by atoms with van der Waals surface area (Å²) in [5.74, 6) is 2.34. The Morgan fingerprint density at radius 1 is 1.05 bits per heavy atom. The molecular formula is C19H30O3. The zero-order valence-electron chi connectivity index (χ0n) is 13.9. The van der Waals surface area contributed by atoms with E-state index >= 15 is 0 Å². The molecule has 3 heteroatoms. The Hall–Kier alpha value is -0.410. The molecule has 22 heavy (non-hydrogen) atoms. The lowest BCUT2D eigenvalue weighted by Crippen LogP contribution is -2.59. The van der Waals surface area contributed by atoms with Gasteiger partial charge in [0.15, 0.2) is 0 Å². The van der Waals surface area contributed by atoms with E-state index in [9.17, 15) is 15.0 Å². The third-order valence-electron chi connectivity index (χ3n) is 8.36. The van der Waals surface area contributed by atoms with Crippen molar-refractivity contribution >= 4 is 5.78 Å². The van der Waals surface area contributed by atoms with Crippen LogP contribution in [0.25, 0.3) is 0 Å². The molecule has 0 aromatic heterocycles. The highest BCUT2D eigenvalue weighted by atomic mass is 16.3. The molecule has 4 aliphatic rings. The van der Waals surface area contributed by atoms with Gasteiger partial charge in [0.25, 0.3) is 0 Å². The van der Waals surface area contributed by atoms with Gasteiger partial charge in [0.2, 0.25) is 0 Å². The van der Waals surface area contributed by atoms with Crippen LogP contribution in [0.5, 0.6) is 0 Å². The molecule has 2 N–H and O–H groups in total. The first-order valence-electron chi connectivity index (χ1n) is 9.24. The van der Waals surface area contributed by atoms with Gasteiger partial charge in [-0.1, -0.05) is 13.8 Å². The summed E-state index contributed by atoms with van der Waals surface area (Å²) in [6.07, 6.45) is 6.88. The summed E-state index contributed by atoms with van der Waals surface area (Å²) in [6, 6.07) is 0. The maximum atomic E-state index is 11.9. The van der Waals surface area contributed by atoms with Crippen LogP contribution in [0.3, 0.4) is 0 Å². The Kier molecular flexibility index (Phi) is 3.30. The number of aliphatic hydroxyl groups excluding tert-OH is 2. The third-order valence-corrected chi connectivity index (χ3v) is 8.36. The van der Waals surface area contributed by atoms with Gasteiger partial charge in [0.1, 0.15) is 5.78 Å². The van der Waals surface area contributed by atoms with Gasteiger partial charge in [-0.15, -0.1) is 0 Å². The quantitative estimate of drug-likeness (QED) is 0.723. The minimum atomic E-state index is -0.306. The van der Waals surface area contributed by atoms with Crippen LogP contribution in [0.1, 0.15) is 65.2 Å². The standard InChI is InChI=1S/C19H30O3/c1-18-8-7-12(20)9-11(18)3-4-13-14-5-6-16(22)19(14,2)10-15(21)17(13)18/h11,13-17,21-22H,3-10H2,1-2H3/t11?,13-,14-,15+,16-,17+,18-,19-/m0/s1. The Bertz CT molecular complexity index is 489. The Balaban J connectivity index is 1.69. The molecular weight excluding hydrogens is 276 g/mol. The van der Waals surface area contributed by atoms with Gasteiger partial charge in [0.05, 0.1) is 12.2 Å². The van der Waals surface area contributed by atoms with Crippen molar-refractivity contribution in [2.24, 2.45) is 34.5 Å². The van der Waals surface area contributed by atoms with Crippen LogP contribution >= 0.6 is 0 Å². The summed E-state index contributed by atoms with van der Waals surface area (Å²) >= 11 is 0. The molecule has 8 atom stereocenters. The monoisotopic (exact) mass is 306 g/mol. The fourth-order valence-corrected chi connectivity index (χ4v) is 7.14. The topological polar surface area (TPSA) is 57.5 Å². The molecule has 4 fully saturated rings. The smallest absolute Gasteiger partial charge is 0.133 e. The highest BCUT2D eigenvalue weighted by Gasteiger charge is 2.62. The van der Waals surface area contributed by atoms with Gasteiger partial charge in [-0.25, -0.2) is 0 Å². The van der Waals surface area contributed by atoms with Gasteiger partial charge >= 0.3 is 0 Å². The molecule has 0 aliphatic heterocycles. The number of aliphatic hydroxyl groups is 2. The molecule has 0 radical (unpaired) electrons. The lowest BCUT2D eigenvalue weighted by atomic mass is 9.44. The zero-order valence-corrected chi connectivity index (χ0v) is 13.9. The lowest BCUT2D eigenvalue weighted by molar-refractivity contribution is -0.177. The minimum absolute atomic E-state index is 0.0890. The summed E-state index contributed by atoms with van der Waals surface area (Å²) in [5.41, 5.74) is 0.0411. The number of rotatable bonds is 0. The second kappa shape index (κ2) is 4.80. The van der Waals surface area contributed by atoms with Crippen LogP contribution in [-0.2, 0) is 4.79 Å². The Morgan fingerprint density at radius 2 is 1.82 bits per heavy atom. The Morgan fingerprint density at radius 3 is 2.59 bits per heavy atom. The molecule has 0 amide bonds. The van der Waals surface area contributed by atoms with E-state index in [-0.39, 0.29) is 23.0 Å². The first-order chi connectivity index (χ1) is 10.4. The second-order valence-electron chi connectivity index (χ2n) is 9.19. The van der Waals surface area contributed by atoms with Crippen molar-refractivity contribution in [2.45, 2.75) is 77.4 Å². The van der Waals surface area contributed by atoms with E-state index in [2.05, 4.69) is 13.8 Å². The first-order valence-corrected chi connectivity index (χ1v) is 9.24. The van der Waals surface area contributed by atoms with Crippen molar-refractivity contribution in [3.63, 3.8) is 0 Å². The molecule has 4 rings (SSSR count). The third kappa shape index (κ3) is 1.84. The summed E-state index contributed by atoms with van der Waals surface area (Å²) in [4.78, 5) is 11.9. The van der Waals surface area contributed by atoms with Gasteiger partial charge < -0.3 is 10.2 Å². The summed E-state index contributed by atoms with van der Waals surface area (Å²) in [6.45, 7) is 4.55. The van der Waals surface area contributed by atoms with Crippen molar-refractivity contribution in [3.8, 4) is 0 Å². The molecule has 0 saturated heterocycles. The normalized spacial score (nSPS) is 57.9. The van der Waals surface area contributed by atoms with Gasteiger partial charge in [-0.2, -0.15) is 0 Å². The van der Waals surface area contributed by atoms with E-state index in [1.165, 1.54) is 0 Å². The number of fused-ring (bicyclic) bond motifs is 5. The van der Waals surface area contributed by atoms with E-state index in [1.807, 2.05) is 0 Å². The summed E-state index contributed by atoms with van der Waals surface area (Å²) < 4.78 is 0. The number of hydrogen-bond acceptors (Lipinski definition) is 3. The highest BCUT2D eigenvalue weighted by Crippen LogP contribution is 2.65. The highest BCUT2D eigenvalue weighted by molar-refractivity contribution is 5.79. The summed E-state index contributed by atoms with van der Waals surface area (Å²) in [5, 5.41) is 21.5. The molecule has 0 aromatic carbocycles. The van der Waals surface area contributed by atoms with E-state index in [0.717, 1.165) is 44.9 Å². The van der Waals surface area contributed by atoms with Crippen molar-refractivity contribution in [3.05, 3.63) is 0 Å². The van der Waals surface area contributed by atoms with E-state index in [0.29, 0.717) is 35.9 Å². The number of Topliss-reactive ketones (excluding diaryl/α,β-unsaturated/α-hetero) is 1. The van der Waals surface area contributed by atoms with Crippen LogP contribution in [0.4, 0.5) is 0 Å². The average Bonchev–Trinajstić information content (AvgIpc) is 2.75. The van der Waals surface area contributed by atoms with Crippen LogP contribution in [0.15, 0.2) is 0 Å². The van der Waals surface area contributed by atoms with Crippen LogP contribution in [0, 0.1) is 34.5 Å². The van der Waals surface area contributed by atoms with Gasteiger partial charge in [-0.3, -0.25) is 4.79 Å². The number of carbonyl (C=O) groups excluding carboxylic acids is 1. The van der Waals surface area contributed by atoms with E-state index < -0.39 is 0 Å². The fraction of sp³-hybridized carbons (Fsp3) is 0.947. The largest absolute Gasteiger partial charge is 0.393 e. The van der Waals surface area contributed by atoms with Gasteiger partial charge in [-0.05, 0) is 73.0 Å². The molecule has 3 nitrogen and oxygen atoms in total. The molecule has 4 aliphatic carbocycles. The number of hydrogen-bond donors (Lipinski definition) is 2. The Labute approximate surface area is 133 Å². The van der Waals surface area contributed by atoms with Crippen LogP contribution in [-0.4, -0.2) is 28.2 Å². The molecule has 0 spiro atoms. The van der Waals surface area contributed by atoms with Crippen molar-refractivity contribution in [2.75, 3.05) is 0 Å². The predicted molar refractivity (Wildman–Crippen MR) is 84.1 cm³/mol. The van der Waals surface area contributed by atoms with E-state index in [1.54, 1.807) is 0 Å². The molecule has 1 unspecified atom stereocenters. The lowest BCUT2D eigenvalue weighted by Gasteiger charge is -2.61. The maximum Gasteiger partial charge on any atom is 0.133 e. The molecule has 0 heterocycles. The van der Waals surface area contributed by atoms with Gasteiger partial charge in [0, 0.05) is 12.8 Å². The predicted octanol–water partition coefficient (Wildman–Crippen LogP) is 2.93. The minimum Gasteiger partial charge on any atom is -0.393 e. The van der Waals surface area contributed by atoms with Crippen molar-refractivity contribution in [1.82, 2.24) is 0 Å². The molecule has 0 aromatic rings. The zero-order chi connectivity index (χ0) is 15.7. The average molecular weight is 306 g/mol. The van der Waals surface area contributed by atoms with Crippen molar-refractivity contribution in [1.29, 1.82) is 0 Å². The van der Waals surface area contributed by atoms with Crippen LogP contribution < -0.4 is 0 Å². The second-order valence-corrected chi connectivity index (χ2v) is 9.19. The maximum absolute atomic E-state index is 11.9. The number of ketones is 1. The molecule has 0 bridgehead atoms. The fourth-order valence-electron chi connectivity index (χ4n) is 7.14.